The van der Waals surface area contributed by atoms with E-state index in [0.29, 0.717) is 18.0 Å². The lowest BCUT2D eigenvalue weighted by Crippen LogP contribution is -2.20. The summed E-state index contributed by atoms with van der Waals surface area (Å²) in [5.74, 6) is 0.854. The maximum absolute atomic E-state index is 5.67. The predicted molar refractivity (Wildman–Crippen MR) is 65.0 cm³/mol. The van der Waals surface area contributed by atoms with Gasteiger partial charge in [-0.2, -0.15) is 5.10 Å². The van der Waals surface area contributed by atoms with Gasteiger partial charge in [-0.05, 0) is 30.7 Å². The first-order valence-electron chi connectivity index (χ1n) is 5.88. The molecule has 1 aromatic heterocycles. The maximum atomic E-state index is 5.67. The van der Waals surface area contributed by atoms with Crippen molar-refractivity contribution < 1.29 is 0 Å². The molecule has 0 spiro atoms. The highest BCUT2D eigenvalue weighted by Gasteiger charge is 2.31. The lowest BCUT2D eigenvalue weighted by molar-refractivity contribution is 0.378. The molecule has 0 radical (unpaired) electrons. The number of aromatic nitrogens is 2. The van der Waals surface area contributed by atoms with Crippen LogP contribution >= 0.6 is 0 Å². The molecule has 1 aliphatic carbocycles. The van der Waals surface area contributed by atoms with Crippen LogP contribution in [-0.2, 0) is 6.54 Å². The van der Waals surface area contributed by atoms with Crippen LogP contribution in [0.4, 0.5) is 5.82 Å². The van der Waals surface area contributed by atoms with Crippen molar-refractivity contribution in [1.82, 2.24) is 10.2 Å². The molecule has 1 atom stereocenters. The average Bonchev–Trinajstić information content (AvgIpc) is 2.59. The second-order valence-corrected chi connectivity index (χ2v) is 5.36. The van der Waals surface area contributed by atoms with Gasteiger partial charge in [0.2, 0.25) is 0 Å². The molecule has 0 aliphatic heterocycles. The molecule has 0 aromatic carbocycles. The molecule has 1 saturated carbocycles. The van der Waals surface area contributed by atoms with E-state index in [9.17, 15) is 0 Å². The van der Waals surface area contributed by atoms with Gasteiger partial charge in [-0.15, -0.1) is 5.10 Å². The topological polar surface area (TPSA) is 63.8 Å². The number of hydrogen-bond donors (Lipinski definition) is 2. The van der Waals surface area contributed by atoms with E-state index in [0.717, 1.165) is 11.4 Å². The highest BCUT2D eigenvalue weighted by Crippen LogP contribution is 2.38. The Morgan fingerprint density at radius 3 is 3.00 bits per heavy atom. The SMILES string of the molecule is CC1(C)CCC(Nc2nnccc2CN)C1. The van der Waals surface area contributed by atoms with Crippen molar-refractivity contribution in [3.63, 3.8) is 0 Å². The highest BCUT2D eigenvalue weighted by atomic mass is 15.2. The molecule has 0 amide bonds. The Kier molecular flexibility index (Phi) is 3.10. The van der Waals surface area contributed by atoms with Crippen LogP contribution in [0.1, 0.15) is 38.7 Å². The van der Waals surface area contributed by atoms with Crippen LogP contribution in [-0.4, -0.2) is 16.2 Å². The third-order valence-corrected chi connectivity index (χ3v) is 3.33. The van der Waals surface area contributed by atoms with E-state index in [1.54, 1.807) is 6.20 Å². The minimum Gasteiger partial charge on any atom is -0.366 e. The van der Waals surface area contributed by atoms with E-state index in [1.807, 2.05) is 6.07 Å². The molecular weight excluding hydrogens is 200 g/mol. The van der Waals surface area contributed by atoms with Gasteiger partial charge in [-0.1, -0.05) is 13.8 Å². The van der Waals surface area contributed by atoms with E-state index < -0.39 is 0 Å². The van der Waals surface area contributed by atoms with Crippen LogP contribution in [0.5, 0.6) is 0 Å². The molecule has 4 nitrogen and oxygen atoms in total. The van der Waals surface area contributed by atoms with Crippen LogP contribution in [0.3, 0.4) is 0 Å². The second kappa shape index (κ2) is 4.37. The van der Waals surface area contributed by atoms with E-state index in [2.05, 4.69) is 29.4 Å². The lowest BCUT2D eigenvalue weighted by atomic mass is 9.92. The summed E-state index contributed by atoms with van der Waals surface area (Å²) in [6.45, 7) is 5.14. The first-order valence-corrected chi connectivity index (χ1v) is 5.88. The van der Waals surface area contributed by atoms with Gasteiger partial charge in [0.15, 0.2) is 5.82 Å². The Labute approximate surface area is 96.6 Å². The molecule has 16 heavy (non-hydrogen) atoms. The number of nitrogens with one attached hydrogen (secondary N) is 1. The fourth-order valence-corrected chi connectivity index (χ4v) is 2.40. The zero-order chi connectivity index (χ0) is 11.6. The van der Waals surface area contributed by atoms with Crippen LogP contribution in [0.2, 0.25) is 0 Å². The van der Waals surface area contributed by atoms with Crippen LogP contribution in [0, 0.1) is 5.41 Å². The van der Waals surface area contributed by atoms with Crippen molar-refractivity contribution in [3.8, 4) is 0 Å². The third-order valence-electron chi connectivity index (χ3n) is 3.33. The molecule has 1 fully saturated rings. The van der Waals surface area contributed by atoms with Gasteiger partial charge in [0.25, 0.3) is 0 Å². The first-order chi connectivity index (χ1) is 7.61. The Morgan fingerprint density at radius 1 is 1.56 bits per heavy atom. The standard InChI is InChI=1S/C12H20N4/c1-12(2)5-3-10(7-12)15-11-9(8-13)4-6-14-16-11/h4,6,10H,3,5,7-8,13H2,1-2H3,(H,15,16). The van der Waals surface area contributed by atoms with Gasteiger partial charge in [-0.3, -0.25) is 0 Å². The lowest BCUT2D eigenvalue weighted by Gasteiger charge is -2.18. The minimum atomic E-state index is 0.447. The summed E-state index contributed by atoms with van der Waals surface area (Å²) in [5, 5.41) is 11.5. The van der Waals surface area contributed by atoms with E-state index in [-0.39, 0.29) is 0 Å². The average molecular weight is 220 g/mol. The monoisotopic (exact) mass is 220 g/mol. The van der Waals surface area contributed by atoms with E-state index in [1.165, 1.54) is 19.3 Å². The summed E-state index contributed by atoms with van der Waals surface area (Å²) < 4.78 is 0. The molecule has 0 saturated heterocycles. The fourth-order valence-electron chi connectivity index (χ4n) is 2.40. The fraction of sp³-hybridized carbons (Fsp3) is 0.667. The normalized spacial score (nSPS) is 23.3. The van der Waals surface area contributed by atoms with Crippen molar-refractivity contribution in [2.45, 2.75) is 45.7 Å². The van der Waals surface area contributed by atoms with Crippen molar-refractivity contribution in [3.05, 3.63) is 17.8 Å². The Morgan fingerprint density at radius 2 is 2.38 bits per heavy atom. The Balaban J connectivity index is 2.04. The molecular formula is C12H20N4. The number of rotatable bonds is 3. The van der Waals surface area contributed by atoms with Gasteiger partial charge < -0.3 is 11.1 Å². The summed E-state index contributed by atoms with van der Waals surface area (Å²) in [6.07, 6.45) is 5.34. The summed E-state index contributed by atoms with van der Waals surface area (Å²) in [5.41, 5.74) is 7.16. The molecule has 88 valence electrons. The molecule has 1 unspecified atom stereocenters. The third kappa shape index (κ3) is 2.50. The molecule has 1 aromatic rings. The van der Waals surface area contributed by atoms with Crippen molar-refractivity contribution >= 4 is 5.82 Å². The summed E-state index contributed by atoms with van der Waals surface area (Å²) >= 11 is 0. The van der Waals surface area contributed by atoms with Gasteiger partial charge in [-0.25, -0.2) is 0 Å². The molecule has 0 bridgehead atoms. The number of nitrogens with zero attached hydrogens (tertiary/aromatic N) is 2. The molecule has 1 heterocycles. The van der Waals surface area contributed by atoms with Gasteiger partial charge >= 0.3 is 0 Å². The molecule has 2 rings (SSSR count). The van der Waals surface area contributed by atoms with Crippen LogP contribution in [0.15, 0.2) is 12.3 Å². The molecule has 4 heteroatoms. The predicted octanol–water partition coefficient (Wildman–Crippen LogP) is 1.93. The van der Waals surface area contributed by atoms with Gasteiger partial charge in [0.05, 0.1) is 6.20 Å². The smallest absolute Gasteiger partial charge is 0.153 e. The Hall–Kier alpha value is -1.16. The van der Waals surface area contributed by atoms with Crippen molar-refractivity contribution in [2.24, 2.45) is 11.1 Å². The van der Waals surface area contributed by atoms with Gasteiger partial charge in [0, 0.05) is 18.2 Å². The minimum absolute atomic E-state index is 0.447. The second-order valence-electron chi connectivity index (χ2n) is 5.36. The summed E-state index contributed by atoms with van der Waals surface area (Å²) in [6, 6.07) is 2.44. The zero-order valence-corrected chi connectivity index (χ0v) is 10.0. The first kappa shape index (κ1) is 11.3. The maximum Gasteiger partial charge on any atom is 0.153 e. The van der Waals surface area contributed by atoms with Gasteiger partial charge in [0.1, 0.15) is 0 Å². The number of hydrogen-bond acceptors (Lipinski definition) is 4. The molecule has 3 N–H and O–H groups in total. The van der Waals surface area contributed by atoms with E-state index >= 15 is 0 Å². The van der Waals surface area contributed by atoms with Crippen LogP contribution < -0.4 is 11.1 Å². The van der Waals surface area contributed by atoms with Crippen molar-refractivity contribution in [2.75, 3.05) is 5.32 Å². The highest BCUT2D eigenvalue weighted by molar-refractivity contribution is 5.43. The number of anilines is 1. The largest absolute Gasteiger partial charge is 0.366 e. The summed E-state index contributed by atoms with van der Waals surface area (Å²) in [4.78, 5) is 0. The summed E-state index contributed by atoms with van der Waals surface area (Å²) in [7, 11) is 0. The Bertz CT molecular complexity index is 362. The quantitative estimate of drug-likeness (QED) is 0.817. The van der Waals surface area contributed by atoms with Crippen molar-refractivity contribution in [1.29, 1.82) is 0 Å². The molecule has 1 aliphatic rings. The van der Waals surface area contributed by atoms with E-state index in [4.69, 9.17) is 5.73 Å². The number of nitrogens with two attached hydrogens (primary N) is 1. The van der Waals surface area contributed by atoms with Crippen LogP contribution in [0.25, 0.3) is 0 Å². The zero-order valence-electron chi connectivity index (χ0n) is 10.0.